The van der Waals surface area contributed by atoms with E-state index in [2.05, 4.69) is 34.6 Å². The molecule has 0 aromatic rings. The van der Waals surface area contributed by atoms with Gasteiger partial charge in [0, 0.05) is 12.5 Å². The molecule has 3 atom stereocenters. The molecular formula is C15H30O3. The van der Waals surface area contributed by atoms with Crippen LogP contribution in [0.15, 0.2) is 0 Å². The minimum atomic E-state index is -0.497. The summed E-state index contributed by atoms with van der Waals surface area (Å²) in [6.07, 6.45) is 0.438. The van der Waals surface area contributed by atoms with Crippen LogP contribution in [0.2, 0.25) is 0 Å². The van der Waals surface area contributed by atoms with E-state index in [9.17, 15) is 4.79 Å². The van der Waals surface area contributed by atoms with Gasteiger partial charge in [0.15, 0.2) is 6.10 Å². The minimum absolute atomic E-state index is 0.00269. The van der Waals surface area contributed by atoms with E-state index in [-0.39, 0.29) is 17.5 Å². The van der Waals surface area contributed by atoms with Gasteiger partial charge in [-0.3, -0.25) is 0 Å². The van der Waals surface area contributed by atoms with Gasteiger partial charge in [-0.05, 0) is 32.1 Å². The molecule has 0 spiro atoms. The maximum absolute atomic E-state index is 11.8. The second-order valence-corrected chi connectivity index (χ2v) is 6.22. The smallest absolute Gasteiger partial charge is 0.335 e. The number of hydrogen-bond acceptors (Lipinski definition) is 3. The van der Waals surface area contributed by atoms with Gasteiger partial charge in [0.2, 0.25) is 0 Å². The first kappa shape index (κ1) is 17.4. The summed E-state index contributed by atoms with van der Waals surface area (Å²) in [7, 11) is 1.52. The highest BCUT2D eigenvalue weighted by atomic mass is 16.6. The lowest BCUT2D eigenvalue weighted by atomic mass is 9.70. The highest BCUT2D eigenvalue weighted by Gasteiger charge is 2.38. The van der Waals surface area contributed by atoms with Gasteiger partial charge >= 0.3 is 5.97 Å². The van der Waals surface area contributed by atoms with Crippen molar-refractivity contribution in [3.63, 3.8) is 0 Å². The van der Waals surface area contributed by atoms with Gasteiger partial charge in [-0.15, -0.1) is 0 Å². The Hall–Kier alpha value is -0.570. The molecule has 0 saturated carbocycles. The Balaban J connectivity index is 4.77. The molecule has 0 N–H and O–H groups in total. The van der Waals surface area contributed by atoms with E-state index in [0.29, 0.717) is 11.8 Å². The molecule has 0 rings (SSSR count). The molecule has 0 aliphatic rings. The maximum atomic E-state index is 11.8. The molecular weight excluding hydrogens is 228 g/mol. The van der Waals surface area contributed by atoms with Gasteiger partial charge in [0.25, 0.3) is 0 Å². The summed E-state index contributed by atoms with van der Waals surface area (Å²) in [5.74, 6) is 0.764. The molecule has 108 valence electrons. The van der Waals surface area contributed by atoms with Crippen LogP contribution in [0.4, 0.5) is 0 Å². The molecule has 0 aromatic heterocycles. The average molecular weight is 258 g/mol. The molecule has 0 aliphatic heterocycles. The lowest BCUT2D eigenvalue weighted by Gasteiger charge is -2.40. The van der Waals surface area contributed by atoms with E-state index in [4.69, 9.17) is 9.47 Å². The van der Waals surface area contributed by atoms with Crippen molar-refractivity contribution in [3.8, 4) is 0 Å². The van der Waals surface area contributed by atoms with Crippen LogP contribution in [0.3, 0.4) is 0 Å². The summed E-state index contributed by atoms with van der Waals surface area (Å²) in [5, 5.41) is 0. The van der Waals surface area contributed by atoms with Crippen molar-refractivity contribution >= 4 is 5.97 Å². The molecule has 3 heteroatoms. The molecule has 3 nitrogen and oxygen atoms in total. The number of ether oxygens (including phenoxy) is 2. The van der Waals surface area contributed by atoms with Crippen LogP contribution in [0.25, 0.3) is 0 Å². The van der Waals surface area contributed by atoms with E-state index >= 15 is 0 Å². The molecule has 0 saturated heterocycles. The SMILES string of the molecule is COC(C)C(=O)OC(C)C(C)(CC(C)C)C(C)C. The number of methoxy groups -OCH3 is 1. The van der Waals surface area contributed by atoms with Gasteiger partial charge in [-0.1, -0.05) is 34.6 Å². The van der Waals surface area contributed by atoms with Gasteiger partial charge in [-0.25, -0.2) is 4.79 Å². The average Bonchev–Trinajstić information content (AvgIpc) is 2.26. The molecule has 0 amide bonds. The van der Waals surface area contributed by atoms with E-state index in [0.717, 1.165) is 6.42 Å². The highest BCUT2D eigenvalue weighted by molar-refractivity contribution is 5.74. The second-order valence-electron chi connectivity index (χ2n) is 6.22. The molecule has 18 heavy (non-hydrogen) atoms. The zero-order chi connectivity index (χ0) is 14.5. The quantitative estimate of drug-likeness (QED) is 0.654. The van der Waals surface area contributed by atoms with Crippen LogP contribution in [0.5, 0.6) is 0 Å². The molecule has 0 aliphatic carbocycles. The first-order chi connectivity index (χ1) is 8.15. The monoisotopic (exact) mass is 258 g/mol. The van der Waals surface area contributed by atoms with Crippen molar-refractivity contribution in [1.29, 1.82) is 0 Å². The fourth-order valence-corrected chi connectivity index (χ4v) is 2.25. The molecule has 3 unspecified atom stereocenters. The largest absolute Gasteiger partial charge is 0.460 e. The van der Waals surface area contributed by atoms with Gasteiger partial charge in [0.1, 0.15) is 6.10 Å². The van der Waals surface area contributed by atoms with E-state index in [1.807, 2.05) is 6.92 Å². The van der Waals surface area contributed by atoms with Crippen LogP contribution in [-0.2, 0) is 14.3 Å². The summed E-state index contributed by atoms with van der Waals surface area (Å²) >= 11 is 0. The summed E-state index contributed by atoms with van der Waals surface area (Å²) < 4.78 is 10.6. The second kappa shape index (κ2) is 7.13. The minimum Gasteiger partial charge on any atom is -0.460 e. The first-order valence-corrected chi connectivity index (χ1v) is 6.88. The molecule has 0 fully saturated rings. The summed E-state index contributed by atoms with van der Waals surface area (Å²) in [4.78, 5) is 11.8. The predicted octanol–water partition coefficient (Wildman–Crippen LogP) is 3.66. The standard InChI is InChI=1S/C15H30O3/c1-10(2)9-15(7,11(3)4)13(6)18-14(16)12(5)17-8/h10-13H,9H2,1-8H3. The fourth-order valence-electron chi connectivity index (χ4n) is 2.25. The zero-order valence-corrected chi connectivity index (χ0v) is 13.2. The lowest BCUT2D eigenvalue weighted by molar-refractivity contribution is -0.168. The summed E-state index contributed by atoms with van der Waals surface area (Å²) in [6.45, 7) is 14.7. The van der Waals surface area contributed by atoms with Gasteiger partial charge in [0.05, 0.1) is 0 Å². The number of rotatable bonds is 7. The Morgan fingerprint density at radius 3 is 1.94 bits per heavy atom. The number of esters is 1. The molecule has 0 bridgehead atoms. The van der Waals surface area contributed by atoms with Crippen molar-refractivity contribution in [2.75, 3.05) is 7.11 Å². The fraction of sp³-hybridized carbons (Fsp3) is 0.933. The van der Waals surface area contributed by atoms with Crippen LogP contribution >= 0.6 is 0 Å². The lowest BCUT2D eigenvalue weighted by Crippen LogP contribution is -2.41. The Morgan fingerprint density at radius 1 is 1.11 bits per heavy atom. The Kier molecular flexibility index (Phi) is 6.90. The highest BCUT2D eigenvalue weighted by Crippen LogP contribution is 2.39. The summed E-state index contributed by atoms with van der Waals surface area (Å²) in [6, 6.07) is 0. The topological polar surface area (TPSA) is 35.5 Å². The first-order valence-electron chi connectivity index (χ1n) is 6.88. The van der Waals surface area contributed by atoms with Crippen molar-refractivity contribution in [2.24, 2.45) is 17.3 Å². The molecule has 0 radical (unpaired) electrons. The number of carbonyl (C=O) groups is 1. The van der Waals surface area contributed by atoms with Gasteiger partial charge in [-0.2, -0.15) is 0 Å². The normalized spacial score (nSPS) is 18.6. The Morgan fingerprint density at radius 2 is 1.61 bits per heavy atom. The van der Waals surface area contributed by atoms with E-state index in [1.54, 1.807) is 6.92 Å². The van der Waals surface area contributed by atoms with Crippen molar-refractivity contribution in [1.82, 2.24) is 0 Å². The predicted molar refractivity (Wildman–Crippen MR) is 74.4 cm³/mol. The Labute approximate surface area is 112 Å². The van der Waals surface area contributed by atoms with Crippen LogP contribution in [0, 0.1) is 17.3 Å². The number of hydrogen-bond donors (Lipinski definition) is 0. The van der Waals surface area contributed by atoms with E-state index in [1.165, 1.54) is 7.11 Å². The third-order valence-corrected chi connectivity index (χ3v) is 4.07. The van der Waals surface area contributed by atoms with Crippen LogP contribution in [0.1, 0.15) is 54.9 Å². The Bertz CT molecular complexity index is 260. The van der Waals surface area contributed by atoms with Crippen molar-refractivity contribution < 1.29 is 14.3 Å². The number of carbonyl (C=O) groups excluding carboxylic acids is 1. The van der Waals surface area contributed by atoms with Crippen molar-refractivity contribution in [3.05, 3.63) is 0 Å². The maximum Gasteiger partial charge on any atom is 0.335 e. The third kappa shape index (κ3) is 4.60. The molecule has 0 aromatic carbocycles. The summed E-state index contributed by atoms with van der Waals surface area (Å²) in [5.41, 5.74) is -0.00269. The third-order valence-electron chi connectivity index (χ3n) is 4.07. The zero-order valence-electron chi connectivity index (χ0n) is 13.2. The van der Waals surface area contributed by atoms with Gasteiger partial charge < -0.3 is 9.47 Å². The van der Waals surface area contributed by atoms with Crippen molar-refractivity contribution in [2.45, 2.75) is 67.1 Å². The van der Waals surface area contributed by atoms with E-state index < -0.39 is 6.10 Å². The van der Waals surface area contributed by atoms with Crippen LogP contribution < -0.4 is 0 Å². The molecule has 0 heterocycles. The van der Waals surface area contributed by atoms with Crippen LogP contribution in [-0.4, -0.2) is 25.3 Å².